The van der Waals surface area contributed by atoms with Gasteiger partial charge in [0.05, 0.1) is 5.69 Å². The van der Waals surface area contributed by atoms with Gasteiger partial charge in [0.2, 0.25) is 5.82 Å². The molecule has 1 N–H and O–H groups in total. The van der Waals surface area contributed by atoms with E-state index in [0.717, 1.165) is 33.5 Å². The minimum atomic E-state index is -0.386. The van der Waals surface area contributed by atoms with Crippen LogP contribution in [0.2, 0.25) is 5.02 Å². The second-order valence-corrected chi connectivity index (χ2v) is 8.18. The number of anilines is 1. The molecule has 5 nitrogen and oxygen atoms in total. The summed E-state index contributed by atoms with van der Waals surface area (Å²) in [5, 5.41) is 8.03. The summed E-state index contributed by atoms with van der Waals surface area (Å²) in [6.45, 7) is 7.99. The number of aryl methyl sites for hydroxylation is 4. The Balaban J connectivity index is 1.81. The number of rotatable bonds is 4. The van der Waals surface area contributed by atoms with Crippen LogP contribution in [-0.4, -0.2) is 20.7 Å². The second-order valence-electron chi connectivity index (χ2n) is 7.74. The van der Waals surface area contributed by atoms with Crippen molar-refractivity contribution in [3.8, 4) is 17.1 Å². The van der Waals surface area contributed by atoms with Crippen LogP contribution in [0.25, 0.3) is 17.1 Å². The predicted molar refractivity (Wildman–Crippen MR) is 125 cm³/mol. The molecule has 0 aliphatic carbocycles. The lowest BCUT2D eigenvalue weighted by Crippen LogP contribution is -2.15. The number of carbonyl (C=O) groups excluding carboxylic acids is 1. The predicted octanol–water partition coefficient (Wildman–Crippen LogP) is 6.07. The number of benzene rings is 3. The van der Waals surface area contributed by atoms with Crippen LogP contribution in [-0.2, 0) is 0 Å². The Morgan fingerprint density at radius 1 is 0.871 bits per heavy atom. The van der Waals surface area contributed by atoms with E-state index in [-0.39, 0.29) is 11.7 Å². The van der Waals surface area contributed by atoms with Crippen molar-refractivity contribution in [1.29, 1.82) is 0 Å². The molecule has 0 saturated carbocycles. The van der Waals surface area contributed by atoms with Crippen molar-refractivity contribution in [3.05, 3.63) is 93.8 Å². The maximum atomic E-state index is 13.0. The Morgan fingerprint density at radius 3 is 2.29 bits per heavy atom. The third kappa shape index (κ3) is 4.37. The lowest BCUT2D eigenvalue weighted by Gasteiger charge is -2.10. The van der Waals surface area contributed by atoms with Gasteiger partial charge in [-0.05, 0) is 62.6 Å². The summed E-state index contributed by atoms with van der Waals surface area (Å²) in [5.41, 5.74) is 6.62. The first-order valence-electron chi connectivity index (χ1n) is 10.0. The molecule has 156 valence electrons. The van der Waals surface area contributed by atoms with E-state index < -0.39 is 0 Å². The monoisotopic (exact) mass is 430 g/mol. The van der Waals surface area contributed by atoms with Crippen molar-refractivity contribution >= 4 is 23.2 Å². The molecule has 1 amide bonds. The normalized spacial score (nSPS) is 10.9. The number of carbonyl (C=O) groups is 1. The average Bonchev–Trinajstić information content (AvgIpc) is 3.18. The standard InChI is InChI=1S/C25H23ClN4O/c1-15-6-10-19(11-7-15)24-28-23(25(31)27-21-14-20(26)12-9-17(21)3)29-30(24)22-13-16(2)5-8-18(22)4/h5-14H,1-4H3,(H,27,31). The van der Waals surface area contributed by atoms with Crippen molar-refractivity contribution in [2.24, 2.45) is 0 Å². The summed E-state index contributed by atoms with van der Waals surface area (Å²) in [4.78, 5) is 17.6. The molecule has 0 aliphatic heterocycles. The minimum absolute atomic E-state index is 0.0934. The Bertz CT molecular complexity index is 1280. The highest BCUT2D eigenvalue weighted by molar-refractivity contribution is 6.31. The van der Waals surface area contributed by atoms with E-state index >= 15 is 0 Å². The quantitative estimate of drug-likeness (QED) is 0.427. The van der Waals surface area contributed by atoms with Crippen LogP contribution in [0.1, 0.15) is 32.9 Å². The van der Waals surface area contributed by atoms with Gasteiger partial charge in [-0.25, -0.2) is 9.67 Å². The molecule has 0 spiro atoms. The molecular weight excluding hydrogens is 408 g/mol. The highest BCUT2D eigenvalue weighted by Gasteiger charge is 2.20. The number of nitrogens with zero attached hydrogens (tertiary/aromatic N) is 3. The van der Waals surface area contributed by atoms with Gasteiger partial charge in [0.1, 0.15) is 0 Å². The van der Waals surface area contributed by atoms with Crippen LogP contribution in [0.15, 0.2) is 60.7 Å². The van der Waals surface area contributed by atoms with Gasteiger partial charge in [-0.2, -0.15) is 0 Å². The molecule has 0 aliphatic rings. The third-order valence-corrected chi connectivity index (χ3v) is 5.40. The Labute approximate surface area is 186 Å². The molecule has 4 rings (SSSR count). The number of aromatic nitrogens is 3. The Kier molecular flexibility index (Phi) is 5.61. The van der Waals surface area contributed by atoms with Crippen LogP contribution in [0.3, 0.4) is 0 Å². The number of nitrogens with one attached hydrogen (secondary N) is 1. The summed E-state index contributed by atoms with van der Waals surface area (Å²) < 4.78 is 1.74. The zero-order chi connectivity index (χ0) is 22.1. The van der Waals surface area contributed by atoms with Crippen molar-refractivity contribution < 1.29 is 4.79 Å². The van der Waals surface area contributed by atoms with Gasteiger partial charge in [-0.1, -0.05) is 59.6 Å². The summed E-state index contributed by atoms with van der Waals surface area (Å²) in [6, 6.07) is 19.5. The highest BCUT2D eigenvalue weighted by atomic mass is 35.5. The largest absolute Gasteiger partial charge is 0.319 e. The molecule has 0 bridgehead atoms. The maximum Gasteiger partial charge on any atom is 0.295 e. The van der Waals surface area contributed by atoms with Gasteiger partial charge < -0.3 is 5.32 Å². The van der Waals surface area contributed by atoms with Gasteiger partial charge in [0.15, 0.2) is 5.82 Å². The number of hydrogen-bond acceptors (Lipinski definition) is 3. The smallest absolute Gasteiger partial charge is 0.295 e. The number of amides is 1. The summed E-state index contributed by atoms with van der Waals surface area (Å²) in [6.07, 6.45) is 0. The zero-order valence-corrected chi connectivity index (χ0v) is 18.7. The fraction of sp³-hybridized carbons (Fsp3) is 0.160. The van der Waals surface area contributed by atoms with E-state index in [2.05, 4.69) is 21.5 Å². The van der Waals surface area contributed by atoms with E-state index in [1.165, 1.54) is 0 Å². The molecule has 0 fully saturated rings. The SMILES string of the molecule is Cc1ccc(-c2nc(C(=O)Nc3cc(Cl)ccc3C)nn2-c2cc(C)ccc2C)cc1. The molecule has 1 aromatic heterocycles. The lowest BCUT2D eigenvalue weighted by molar-refractivity contribution is 0.101. The molecule has 6 heteroatoms. The first-order chi connectivity index (χ1) is 14.8. The van der Waals surface area contributed by atoms with E-state index in [0.29, 0.717) is 16.5 Å². The molecule has 31 heavy (non-hydrogen) atoms. The fourth-order valence-electron chi connectivity index (χ4n) is 3.32. The van der Waals surface area contributed by atoms with Gasteiger partial charge in [-0.15, -0.1) is 5.10 Å². The van der Waals surface area contributed by atoms with Gasteiger partial charge >= 0.3 is 0 Å². The van der Waals surface area contributed by atoms with Crippen LogP contribution < -0.4 is 5.32 Å². The van der Waals surface area contributed by atoms with E-state index in [1.54, 1.807) is 16.8 Å². The van der Waals surface area contributed by atoms with Crippen LogP contribution in [0.4, 0.5) is 5.69 Å². The van der Waals surface area contributed by atoms with Gasteiger partial charge in [0.25, 0.3) is 5.91 Å². The zero-order valence-electron chi connectivity index (χ0n) is 17.9. The number of halogens is 1. The Hall–Kier alpha value is -3.44. The molecular formula is C25H23ClN4O. The van der Waals surface area contributed by atoms with Crippen molar-refractivity contribution in [3.63, 3.8) is 0 Å². The van der Waals surface area contributed by atoms with Crippen molar-refractivity contribution in [2.75, 3.05) is 5.32 Å². The maximum absolute atomic E-state index is 13.0. The topological polar surface area (TPSA) is 59.8 Å². The molecule has 0 radical (unpaired) electrons. The first-order valence-corrected chi connectivity index (χ1v) is 10.4. The summed E-state index contributed by atoms with van der Waals surface area (Å²) in [7, 11) is 0. The lowest BCUT2D eigenvalue weighted by atomic mass is 10.1. The van der Waals surface area contributed by atoms with Crippen LogP contribution >= 0.6 is 11.6 Å². The summed E-state index contributed by atoms with van der Waals surface area (Å²) >= 11 is 6.09. The molecule has 4 aromatic rings. The second kappa shape index (κ2) is 8.36. The van der Waals surface area contributed by atoms with E-state index in [9.17, 15) is 4.79 Å². The summed E-state index contributed by atoms with van der Waals surface area (Å²) in [5.74, 6) is 0.320. The molecule has 3 aromatic carbocycles. The van der Waals surface area contributed by atoms with Crippen LogP contribution in [0, 0.1) is 27.7 Å². The van der Waals surface area contributed by atoms with Gasteiger partial charge in [-0.3, -0.25) is 4.79 Å². The molecule has 0 saturated heterocycles. The van der Waals surface area contributed by atoms with Gasteiger partial charge in [0, 0.05) is 16.3 Å². The van der Waals surface area contributed by atoms with E-state index in [4.69, 9.17) is 11.6 Å². The molecule has 1 heterocycles. The molecule has 0 unspecified atom stereocenters. The van der Waals surface area contributed by atoms with E-state index in [1.807, 2.05) is 70.2 Å². The first kappa shape index (κ1) is 20.8. The van der Waals surface area contributed by atoms with Crippen molar-refractivity contribution in [1.82, 2.24) is 14.8 Å². The van der Waals surface area contributed by atoms with Crippen molar-refractivity contribution in [2.45, 2.75) is 27.7 Å². The highest BCUT2D eigenvalue weighted by Crippen LogP contribution is 2.25. The fourth-order valence-corrected chi connectivity index (χ4v) is 3.49. The Morgan fingerprint density at radius 2 is 1.55 bits per heavy atom. The third-order valence-electron chi connectivity index (χ3n) is 5.16. The van der Waals surface area contributed by atoms with Crippen LogP contribution in [0.5, 0.6) is 0 Å². The number of hydrogen-bond donors (Lipinski definition) is 1. The average molecular weight is 431 g/mol. The minimum Gasteiger partial charge on any atom is -0.319 e. The molecule has 0 atom stereocenters.